The first kappa shape index (κ1) is 19.7. The molecule has 0 saturated carbocycles. The molecule has 0 spiro atoms. The summed E-state index contributed by atoms with van der Waals surface area (Å²) in [5, 5.41) is 0. The predicted molar refractivity (Wildman–Crippen MR) is 95.5 cm³/mol. The van der Waals surface area contributed by atoms with Crippen molar-refractivity contribution in [3.63, 3.8) is 0 Å². The molecule has 1 aliphatic rings. The van der Waals surface area contributed by atoms with Gasteiger partial charge in [-0.25, -0.2) is 13.1 Å². The second-order valence-corrected chi connectivity index (χ2v) is 7.92. The molecule has 7 nitrogen and oxygen atoms in total. The number of hydrogen-bond donors (Lipinski definition) is 1. The van der Waals surface area contributed by atoms with Gasteiger partial charge in [0.1, 0.15) is 5.75 Å². The SMILES string of the molecule is COc1ccc(S(=O)(=O)NCCCOC(C)C)cc1N1CCCC1=O. The van der Waals surface area contributed by atoms with Crippen LogP contribution in [-0.2, 0) is 19.6 Å². The van der Waals surface area contributed by atoms with E-state index in [1.54, 1.807) is 11.0 Å². The fraction of sp³-hybridized carbons (Fsp3) is 0.588. The van der Waals surface area contributed by atoms with E-state index >= 15 is 0 Å². The molecule has 0 unspecified atom stereocenters. The molecular formula is C17H26N2O5S. The van der Waals surface area contributed by atoms with Crippen LogP contribution in [-0.4, -0.2) is 47.2 Å². The molecule has 1 aliphatic heterocycles. The molecule has 140 valence electrons. The van der Waals surface area contributed by atoms with Gasteiger partial charge in [0.05, 0.1) is 23.8 Å². The molecule has 1 saturated heterocycles. The molecular weight excluding hydrogens is 344 g/mol. The Morgan fingerprint density at radius 1 is 1.32 bits per heavy atom. The summed E-state index contributed by atoms with van der Waals surface area (Å²) in [5.74, 6) is 0.464. The number of rotatable bonds is 9. The van der Waals surface area contributed by atoms with E-state index in [-0.39, 0.29) is 16.9 Å². The zero-order valence-corrected chi connectivity index (χ0v) is 15.8. The summed E-state index contributed by atoms with van der Waals surface area (Å²) in [7, 11) is -2.15. The van der Waals surface area contributed by atoms with Crippen molar-refractivity contribution in [2.24, 2.45) is 0 Å². The first-order valence-electron chi connectivity index (χ1n) is 8.45. The van der Waals surface area contributed by atoms with Crippen molar-refractivity contribution < 1.29 is 22.7 Å². The summed E-state index contributed by atoms with van der Waals surface area (Å²) in [6.07, 6.45) is 1.94. The van der Waals surface area contributed by atoms with Crippen molar-refractivity contribution in [2.75, 3.05) is 31.7 Å². The molecule has 1 aromatic rings. The van der Waals surface area contributed by atoms with Crippen LogP contribution in [0.15, 0.2) is 23.1 Å². The first-order chi connectivity index (χ1) is 11.8. The first-order valence-corrected chi connectivity index (χ1v) is 9.93. The number of sulfonamides is 1. The number of methoxy groups -OCH3 is 1. The largest absolute Gasteiger partial charge is 0.495 e. The van der Waals surface area contributed by atoms with Gasteiger partial charge >= 0.3 is 0 Å². The summed E-state index contributed by atoms with van der Waals surface area (Å²) < 4.78 is 38.2. The second-order valence-electron chi connectivity index (χ2n) is 6.15. The van der Waals surface area contributed by atoms with Crippen molar-refractivity contribution in [3.05, 3.63) is 18.2 Å². The minimum Gasteiger partial charge on any atom is -0.495 e. The van der Waals surface area contributed by atoms with Gasteiger partial charge in [0.15, 0.2) is 0 Å². The second kappa shape index (κ2) is 8.64. The monoisotopic (exact) mass is 370 g/mol. The highest BCUT2D eigenvalue weighted by Gasteiger charge is 2.26. The Morgan fingerprint density at radius 3 is 2.68 bits per heavy atom. The Hall–Kier alpha value is -1.64. The molecule has 0 radical (unpaired) electrons. The van der Waals surface area contributed by atoms with Gasteiger partial charge in [-0.2, -0.15) is 0 Å². The van der Waals surface area contributed by atoms with E-state index < -0.39 is 10.0 Å². The standard InChI is InChI=1S/C17H26N2O5S/c1-13(2)24-11-5-9-18-25(21,22)14-7-8-16(23-3)15(12-14)19-10-4-6-17(19)20/h7-8,12-13,18H,4-6,9-11H2,1-3H3. The Balaban J connectivity index is 2.11. The van der Waals surface area contributed by atoms with E-state index in [1.807, 2.05) is 13.8 Å². The number of nitrogens with one attached hydrogen (secondary N) is 1. The van der Waals surface area contributed by atoms with Crippen molar-refractivity contribution >= 4 is 21.6 Å². The Kier molecular flexibility index (Phi) is 6.80. The highest BCUT2D eigenvalue weighted by Crippen LogP contribution is 2.33. The van der Waals surface area contributed by atoms with Crippen molar-refractivity contribution in [1.29, 1.82) is 0 Å². The highest BCUT2D eigenvalue weighted by molar-refractivity contribution is 7.89. The molecule has 1 amide bonds. The van der Waals surface area contributed by atoms with E-state index in [9.17, 15) is 13.2 Å². The number of anilines is 1. The fourth-order valence-electron chi connectivity index (χ4n) is 2.63. The third kappa shape index (κ3) is 5.17. The number of amides is 1. The summed E-state index contributed by atoms with van der Waals surface area (Å²) in [4.78, 5) is 13.7. The van der Waals surface area contributed by atoms with Gasteiger partial charge < -0.3 is 14.4 Å². The number of carbonyl (C=O) groups excluding carboxylic acids is 1. The van der Waals surface area contributed by atoms with Crippen molar-refractivity contribution in [3.8, 4) is 5.75 Å². The van der Waals surface area contributed by atoms with Crippen LogP contribution >= 0.6 is 0 Å². The lowest BCUT2D eigenvalue weighted by Crippen LogP contribution is -2.27. The quantitative estimate of drug-likeness (QED) is 0.671. The van der Waals surface area contributed by atoms with Crippen LogP contribution in [0.5, 0.6) is 5.75 Å². The summed E-state index contributed by atoms with van der Waals surface area (Å²) in [6.45, 7) is 5.22. The maximum absolute atomic E-state index is 12.5. The number of benzene rings is 1. The van der Waals surface area contributed by atoms with E-state index in [2.05, 4.69) is 4.72 Å². The Labute approximate surface area is 149 Å². The Morgan fingerprint density at radius 2 is 2.08 bits per heavy atom. The molecule has 1 fully saturated rings. The highest BCUT2D eigenvalue weighted by atomic mass is 32.2. The van der Waals surface area contributed by atoms with E-state index in [0.29, 0.717) is 44.0 Å². The van der Waals surface area contributed by atoms with Crippen LogP contribution in [0.1, 0.15) is 33.1 Å². The molecule has 1 aromatic carbocycles. The molecule has 0 aromatic heterocycles. The molecule has 0 aliphatic carbocycles. The van der Waals surface area contributed by atoms with Gasteiger partial charge in [0, 0.05) is 26.1 Å². The molecule has 1 heterocycles. The zero-order chi connectivity index (χ0) is 18.4. The predicted octanol–water partition coefficient (Wildman–Crippen LogP) is 1.92. The van der Waals surface area contributed by atoms with Crippen LogP contribution < -0.4 is 14.4 Å². The fourth-order valence-corrected chi connectivity index (χ4v) is 3.73. The van der Waals surface area contributed by atoms with Crippen LogP contribution in [0.3, 0.4) is 0 Å². The summed E-state index contributed by atoms with van der Waals surface area (Å²) >= 11 is 0. The van der Waals surface area contributed by atoms with Gasteiger partial charge in [-0.15, -0.1) is 0 Å². The topological polar surface area (TPSA) is 84.9 Å². The average molecular weight is 370 g/mol. The van der Waals surface area contributed by atoms with Gasteiger partial charge in [-0.05, 0) is 44.9 Å². The average Bonchev–Trinajstić information content (AvgIpc) is 2.99. The lowest BCUT2D eigenvalue weighted by Gasteiger charge is -2.20. The van der Waals surface area contributed by atoms with Gasteiger partial charge in [-0.1, -0.05) is 0 Å². The minimum absolute atomic E-state index is 0.0216. The minimum atomic E-state index is -3.65. The number of hydrogen-bond acceptors (Lipinski definition) is 5. The number of nitrogens with zero attached hydrogens (tertiary/aromatic N) is 1. The van der Waals surface area contributed by atoms with Crippen molar-refractivity contribution in [1.82, 2.24) is 4.72 Å². The molecule has 0 bridgehead atoms. The normalized spacial score (nSPS) is 15.2. The lowest BCUT2D eigenvalue weighted by atomic mass is 10.2. The van der Waals surface area contributed by atoms with Gasteiger partial charge in [-0.3, -0.25) is 4.79 Å². The van der Waals surface area contributed by atoms with E-state index in [1.165, 1.54) is 19.2 Å². The van der Waals surface area contributed by atoms with Crippen LogP contribution in [0.2, 0.25) is 0 Å². The van der Waals surface area contributed by atoms with Crippen molar-refractivity contribution in [2.45, 2.75) is 44.1 Å². The third-order valence-electron chi connectivity index (χ3n) is 3.89. The van der Waals surface area contributed by atoms with E-state index in [4.69, 9.17) is 9.47 Å². The molecule has 1 N–H and O–H groups in total. The molecule has 8 heteroatoms. The van der Waals surface area contributed by atoms with Crippen LogP contribution in [0.25, 0.3) is 0 Å². The summed E-state index contributed by atoms with van der Waals surface area (Å²) in [6, 6.07) is 4.56. The molecule has 2 rings (SSSR count). The van der Waals surface area contributed by atoms with Crippen LogP contribution in [0, 0.1) is 0 Å². The number of carbonyl (C=O) groups is 1. The maximum atomic E-state index is 12.5. The third-order valence-corrected chi connectivity index (χ3v) is 5.35. The summed E-state index contributed by atoms with van der Waals surface area (Å²) in [5.41, 5.74) is 0.496. The Bertz CT molecular complexity index is 703. The van der Waals surface area contributed by atoms with Gasteiger partial charge in [0.25, 0.3) is 0 Å². The van der Waals surface area contributed by atoms with Crippen LogP contribution in [0.4, 0.5) is 5.69 Å². The van der Waals surface area contributed by atoms with Gasteiger partial charge in [0.2, 0.25) is 15.9 Å². The lowest BCUT2D eigenvalue weighted by molar-refractivity contribution is -0.117. The number of ether oxygens (including phenoxy) is 2. The zero-order valence-electron chi connectivity index (χ0n) is 14.9. The molecule has 0 atom stereocenters. The smallest absolute Gasteiger partial charge is 0.240 e. The molecule has 25 heavy (non-hydrogen) atoms. The van der Waals surface area contributed by atoms with E-state index in [0.717, 1.165) is 6.42 Å². The maximum Gasteiger partial charge on any atom is 0.240 e.